The van der Waals surface area contributed by atoms with Crippen LogP contribution in [-0.4, -0.2) is 12.5 Å². The van der Waals surface area contributed by atoms with Gasteiger partial charge in [0.15, 0.2) is 11.6 Å². The Bertz CT molecular complexity index is 454. The lowest BCUT2D eigenvalue weighted by atomic mass is 9.94. The minimum Gasteiger partial charge on any atom is -0.330 e. The van der Waals surface area contributed by atoms with Crippen molar-refractivity contribution in [3.8, 4) is 0 Å². The Labute approximate surface area is 132 Å². The standard InChI is InChI=1S/C15H21BrF2N2O/c1-2-3-10(6-7-19)4-5-14(21)20-15-12(17)8-11(16)9-13(15)18/h8-10H,2-7,19H2,1H3,(H,20,21). The van der Waals surface area contributed by atoms with E-state index in [1.54, 1.807) is 0 Å². The van der Waals surface area contributed by atoms with Crippen LogP contribution in [0.2, 0.25) is 0 Å². The molecule has 0 heterocycles. The lowest BCUT2D eigenvalue weighted by Gasteiger charge is -2.15. The molecule has 1 aromatic rings. The predicted octanol–water partition coefficient (Wildman–Crippen LogP) is 4.21. The lowest BCUT2D eigenvalue weighted by molar-refractivity contribution is -0.116. The molecule has 6 heteroatoms. The van der Waals surface area contributed by atoms with Gasteiger partial charge in [0.1, 0.15) is 5.69 Å². The molecule has 21 heavy (non-hydrogen) atoms. The quantitative estimate of drug-likeness (QED) is 0.727. The number of carbonyl (C=O) groups is 1. The molecule has 0 fully saturated rings. The second kappa shape index (κ2) is 9.10. The highest BCUT2D eigenvalue weighted by atomic mass is 79.9. The van der Waals surface area contributed by atoms with Gasteiger partial charge in [-0.2, -0.15) is 0 Å². The highest BCUT2D eigenvalue weighted by molar-refractivity contribution is 9.10. The van der Waals surface area contributed by atoms with Crippen molar-refractivity contribution in [1.29, 1.82) is 0 Å². The minimum absolute atomic E-state index is 0.236. The van der Waals surface area contributed by atoms with Crippen molar-refractivity contribution in [2.24, 2.45) is 11.7 Å². The summed E-state index contributed by atoms with van der Waals surface area (Å²) < 4.78 is 27.5. The van der Waals surface area contributed by atoms with Gasteiger partial charge in [-0.3, -0.25) is 4.79 Å². The zero-order chi connectivity index (χ0) is 15.8. The largest absolute Gasteiger partial charge is 0.330 e. The maximum absolute atomic E-state index is 13.6. The number of amides is 1. The van der Waals surface area contributed by atoms with E-state index >= 15 is 0 Å². The van der Waals surface area contributed by atoms with Crippen LogP contribution in [0.5, 0.6) is 0 Å². The third kappa shape index (κ3) is 6.09. The van der Waals surface area contributed by atoms with Gasteiger partial charge in [0.25, 0.3) is 0 Å². The van der Waals surface area contributed by atoms with Crippen LogP contribution in [0.3, 0.4) is 0 Å². The average Bonchev–Trinajstić information content (AvgIpc) is 2.40. The van der Waals surface area contributed by atoms with Gasteiger partial charge >= 0.3 is 0 Å². The fraction of sp³-hybridized carbons (Fsp3) is 0.533. The number of nitrogens with two attached hydrogens (primary N) is 1. The smallest absolute Gasteiger partial charge is 0.224 e. The molecule has 1 rings (SSSR count). The molecule has 0 aromatic heterocycles. The molecule has 3 nitrogen and oxygen atoms in total. The Balaban J connectivity index is 2.57. The molecule has 0 aliphatic heterocycles. The normalized spacial score (nSPS) is 12.2. The minimum atomic E-state index is -0.790. The number of carbonyl (C=O) groups excluding carboxylic acids is 1. The van der Waals surface area contributed by atoms with Crippen molar-refractivity contribution in [3.05, 3.63) is 28.2 Å². The molecular weight excluding hydrogens is 342 g/mol. The van der Waals surface area contributed by atoms with Crippen LogP contribution in [0.25, 0.3) is 0 Å². The number of hydrogen-bond donors (Lipinski definition) is 2. The van der Waals surface area contributed by atoms with Crippen LogP contribution in [0.4, 0.5) is 14.5 Å². The first kappa shape index (κ1) is 18.0. The average molecular weight is 363 g/mol. The van der Waals surface area contributed by atoms with E-state index < -0.39 is 17.3 Å². The van der Waals surface area contributed by atoms with Crippen LogP contribution < -0.4 is 11.1 Å². The topological polar surface area (TPSA) is 55.1 Å². The Morgan fingerprint density at radius 3 is 2.43 bits per heavy atom. The van der Waals surface area contributed by atoms with Crippen molar-refractivity contribution in [3.63, 3.8) is 0 Å². The molecule has 0 radical (unpaired) electrons. The molecule has 118 valence electrons. The predicted molar refractivity (Wildman–Crippen MR) is 84.0 cm³/mol. The molecule has 0 saturated heterocycles. The number of nitrogens with one attached hydrogen (secondary N) is 1. The van der Waals surface area contributed by atoms with E-state index in [2.05, 4.69) is 28.2 Å². The van der Waals surface area contributed by atoms with Crippen molar-refractivity contribution in [2.45, 2.75) is 39.0 Å². The zero-order valence-electron chi connectivity index (χ0n) is 12.1. The summed E-state index contributed by atoms with van der Waals surface area (Å²) in [6.07, 6.45) is 3.81. The summed E-state index contributed by atoms with van der Waals surface area (Å²) >= 11 is 2.99. The van der Waals surface area contributed by atoms with E-state index in [4.69, 9.17) is 5.73 Å². The Kier molecular flexibility index (Phi) is 7.82. The zero-order valence-corrected chi connectivity index (χ0v) is 13.7. The van der Waals surface area contributed by atoms with Gasteiger partial charge in [0, 0.05) is 10.9 Å². The fourth-order valence-corrected chi connectivity index (χ4v) is 2.68. The van der Waals surface area contributed by atoms with Crippen molar-refractivity contribution in [2.75, 3.05) is 11.9 Å². The Morgan fingerprint density at radius 1 is 1.29 bits per heavy atom. The molecule has 3 N–H and O–H groups in total. The molecule has 0 bridgehead atoms. The second-order valence-electron chi connectivity index (χ2n) is 5.06. The highest BCUT2D eigenvalue weighted by Gasteiger charge is 2.15. The maximum atomic E-state index is 13.6. The summed E-state index contributed by atoms with van der Waals surface area (Å²) in [4.78, 5) is 11.8. The maximum Gasteiger partial charge on any atom is 0.224 e. The number of hydrogen-bond acceptors (Lipinski definition) is 2. The van der Waals surface area contributed by atoms with Gasteiger partial charge in [-0.05, 0) is 37.4 Å². The van der Waals surface area contributed by atoms with Gasteiger partial charge in [-0.1, -0.05) is 35.7 Å². The molecule has 0 saturated carbocycles. The molecule has 1 unspecified atom stereocenters. The molecule has 1 aromatic carbocycles. The van der Waals surface area contributed by atoms with Gasteiger partial charge in [0.2, 0.25) is 5.91 Å². The van der Waals surface area contributed by atoms with Gasteiger partial charge in [0.05, 0.1) is 0 Å². The van der Waals surface area contributed by atoms with E-state index in [9.17, 15) is 13.6 Å². The van der Waals surface area contributed by atoms with Gasteiger partial charge in [-0.25, -0.2) is 8.78 Å². The van der Waals surface area contributed by atoms with E-state index in [1.165, 1.54) is 0 Å². The summed E-state index contributed by atoms with van der Waals surface area (Å²) in [5.41, 5.74) is 5.14. The number of rotatable bonds is 8. The number of benzene rings is 1. The number of halogens is 3. The lowest BCUT2D eigenvalue weighted by Crippen LogP contribution is -2.17. The van der Waals surface area contributed by atoms with E-state index in [0.717, 1.165) is 31.4 Å². The monoisotopic (exact) mass is 362 g/mol. The molecule has 1 atom stereocenters. The summed E-state index contributed by atoms with van der Waals surface area (Å²) in [7, 11) is 0. The van der Waals surface area contributed by atoms with E-state index in [-0.39, 0.29) is 12.3 Å². The number of anilines is 1. The third-order valence-corrected chi connectivity index (χ3v) is 3.78. The third-order valence-electron chi connectivity index (χ3n) is 3.32. The highest BCUT2D eigenvalue weighted by Crippen LogP contribution is 2.24. The van der Waals surface area contributed by atoms with Crippen molar-refractivity contribution in [1.82, 2.24) is 0 Å². The molecular formula is C15H21BrF2N2O. The summed E-state index contributed by atoms with van der Waals surface area (Å²) in [5, 5.41) is 2.30. The molecule has 0 aliphatic carbocycles. The van der Waals surface area contributed by atoms with Gasteiger partial charge < -0.3 is 11.1 Å². The summed E-state index contributed by atoms with van der Waals surface area (Å²) in [5.74, 6) is -1.58. The second-order valence-corrected chi connectivity index (χ2v) is 5.98. The molecule has 0 spiro atoms. The van der Waals surface area contributed by atoms with Crippen LogP contribution in [-0.2, 0) is 4.79 Å². The van der Waals surface area contributed by atoms with Crippen LogP contribution in [0.15, 0.2) is 16.6 Å². The Morgan fingerprint density at radius 2 is 1.90 bits per heavy atom. The molecule has 0 aliphatic rings. The SMILES string of the molecule is CCCC(CCN)CCC(=O)Nc1c(F)cc(Br)cc1F. The van der Waals surface area contributed by atoms with Crippen LogP contribution in [0.1, 0.15) is 39.0 Å². The molecule has 1 amide bonds. The first-order valence-corrected chi connectivity index (χ1v) is 7.91. The van der Waals surface area contributed by atoms with Crippen LogP contribution >= 0.6 is 15.9 Å². The summed E-state index contributed by atoms with van der Waals surface area (Å²) in [6, 6.07) is 2.24. The first-order chi connectivity index (χ1) is 9.97. The van der Waals surface area contributed by atoms with E-state index in [1.807, 2.05) is 0 Å². The van der Waals surface area contributed by atoms with E-state index in [0.29, 0.717) is 23.4 Å². The first-order valence-electron chi connectivity index (χ1n) is 7.12. The van der Waals surface area contributed by atoms with Gasteiger partial charge in [-0.15, -0.1) is 0 Å². The fourth-order valence-electron chi connectivity index (χ4n) is 2.28. The van der Waals surface area contributed by atoms with Crippen LogP contribution in [0, 0.1) is 17.6 Å². The van der Waals surface area contributed by atoms with Crippen molar-refractivity contribution >= 4 is 27.5 Å². The summed E-state index contributed by atoms with van der Waals surface area (Å²) in [6.45, 7) is 2.67. The Hall–Kier alpha value is -1.01. The van der Waals surface area contributed by atoms with Crippen molar-refractivity contribution < 1.29 is 13.6 Å².